The standard InChI is InChI=1S/C21H33N3O/c1-17-6-5-8-19(14-17)15-23-10-12-24(13-11-23)16-21(25)22-20-9-4-3-7-18(20)2/h5-6,8,14,18,20H,3-4,7,9-13,15-16H2,1-2H3,(H,22,25)/p+2/t18-,20-/m0/s1. The molecule has 3 N–H and O–H groups in total. The van der Waals surface area contributed by atoms with Gasteiger partial charge in [0.15, 0.2) is 6.54 Å². The highest BCUT2D eigenvalue weighted by atomic mass is 16.2. The van der Waals surface area contributed by atoms with Crippen LogP contribution in [0.2, 0.25) is 0 Å². The maximum atomic E-state index is 12.4. The molecule has 0 spiro atoms. The van der Waals surface area contributed by atoms with Crippen molar-refractivity contribution in [2.75, 3.05) is 32.7 Å². The first kappa shape index (κ1) is 18.4. The van der Waals surface area contributed by atoms with Crippen LogP contribution in [-0.2, 0) is 11.3 Å². The van der Waals surface area contributed by atoms with Crippen molar-refractivity contribution in [3.63, 3.8) is 0 Å². The van der Waals surface area contributed by atoms with Crippen LogP contribution < -0.4 is 15.1 Å². The molecule has 1 aliphatic carbocycles. The molecule has 1 aromatic carbocycles. The second-order valence-electron chi connectivity index (χ2n) is 8.28. The van der Waals surface area contributed by atoms with Gasteiger partial charge in [0.1, 0.15) is 32.7 Å². The number of benzene rings is 1. The second kappa shape index (κ2) is 8.81. The van der Waals surface area contributed by atoms with Crippen LogP contribution in [-0.4, -0.2) is 44.7 Å². The summed E-state index contributed by atoms with van der Waals surface area (Å²) in [7, 11) is 0. The average Bonchev–Trinajstić information content (AvgIpc) is 2.59. The molecule has 0 unspecified atom stereocenters. The smallest absolute Gasteiger partial charge is 0.275 e. The van der Waals surface area contributed by atoms with Crippen LogP contribution in [0.4, 0.5) is 0 Å². The summed E-state index contributed by atoms with van der Waals surface area (Å²) in [5, 5.41) is 3.31. The van der Waals surface area contributed by atoms with Crippen LogP contribution in [0.15, 0.2) is 24.3 Å². The van der Waals surface area contributed by atoms with Gasteiger partial charge in [-0.2, -0.15) is 0 Å². The van der Waals surface area contributed by atoms with E-state index in [9.17, 15) is 4.79 Å². The zero-order valence-electron chi connectivity index (χ0n) is 15.9. The number of carbonyl (C=O) groups is 1. The van der Waals surface area contributed by atoms with Gasteiger partial charge in [0.05, 0.1) is 0 Å². The molecule has 0 radical (unpaired) electrons. The molecular weight excluding hydrogens is 310 g/mol. The fourth-order valence-electron chi connectivity index (χ4n) is 4.44. The van der Waals surface area contributed by atoms with Crippen molar-refractivity contribution in [3.05, 3.63) is 35.4 Å². The molecule has 2 atom stereocenters. The van der Waals surface area contributed by atoms with Crippen molar-refractivity contribution in [2.24, 2.45) is 5.92 Å². The number of carbonyl (C=O) groups excluding carboxylic acids is 1. The van der Waals surface area contributed by atoms with Gasteiger partial charge in [0, 0.05) is 11.6 Å². The van der Waals surface area contributed by atoms with Crippen molar-refractivity contribution >= 4 is 5.91 Å². The van der Waals surface area contributed by atoms with Crippen LogP contribution >= 0.6 is 0 Å². The highest BCUT2D eigenvalue weighted by molar-refractivity contribution is 5.77. The highest BCUT2D eigenvalue weighted by Crippen LogP contribution is 2.23. The van der Waals surface area contributed by atoms with Gasteiger partial charge in [-0.25, -0.2) is 0 Å². The molecule has 1 saturated carbocycles. The number of amides is 1. The third kappa shape index (κ3) is 5.55. The van der Waals surface area contributed by atoms with E-state index in [0.29, 0.717) is 18.5 Å². The van der Waals surface area contributed by atoms with Crippen molar-refractivity contribution < 1.29 is 14.6 Å². The summed E-state index contributed by atoms with van der Waals surface area (Å²) in [6.07, 6.45) is 5.02. The number of hydrogen-bond donors (Lipinski definition) is 3. The van der Waals surface area contributed by atoms with E-state index >= 15 is 0 Å². The minimum Gasteiger partial charge on any atom is -0.348 e. The summed E-state index contributed by atoms with van der Waals surface area (Å²) >= 11 is 0. The van der Waals surface area contributed by atoms with Crippen LogP contribution in [0.3, 0.4) is 0 Å². The average molecular weight is 346 g/mol. The summed E-state index contributed by atoms with van der Waals surface area (Å²) in [4.78, 5) is 15.5. The molecule has 4 heteroatoms. The van der Waals surface area contributed by atoms with Gasteiger partial charge in [0.25, 0.3) is 5.91 Å². The summed E-state index contributed by atoms with van der Waals surface area (Å²) in [6, 6.07) is 9.26. The van der Waals surface area contributed by atoms with Crippen molar-refractivity contribution in [2.45, 2.75) is 52.1 Å². The Kier molecular flexibility index (Phi) is 6.49. The minimum atomic E-state index is 0.260. The Morgan fingerprint density at radius 1 is 1.12 bits per heavy atom. The van der Waals surface area contributed by atoms with E-state index in [2.05, 4.69) is 43.4 Å². The second-order valence-corrected chi connectivity index (χ2v) is 8.28. The lowest BCUT2D eigenvalue weighted by Crippen LogP contribution is -3.28. The lowest BCUT2D eigenvalue weighted by molar-refractivity contribution is -1.02. The lowest BCUT2D eigenvalue weighted by atomic mass is 9.86. The zero-order chi connectivity index (χ0) is 17.6. The number of rotatable bonds is 5. The Hall–Kier alpha value is -1.39. The molecule has 4 nitrogen and oxygen atoms in total. The molecule has 1 heterocycles. The quantitative estimate of drug-likeness (QED) is 0.689. The Bertz CT molecular complexity index is 566. The SMILES string of the molecule is Cc1cccc(C[NH+]2CC[NH+](CC(=O)N[C@H]3CCCC[C@@H]3C)CC2)c1. The maximum Gasteiger partial charge on any atom is 0.275 e. The van der Waals surface area contributed by atoms with Crippen LogP contribution in [0.5, 0.6) is 0 Å². The number of piperazine rings is 1. The first-order valence-corrected chi connectivity index (χ1v) is 10.1. The van der Waals surface area contributed by atoms with E-state index in [4.69, 9.17) is 0 Å². The van der Waals surface area contributed by atoms with Gasteiger partial charge in [0.2, 0.25) is 0 Å². The minimum absolute atomic E-state index is 0.260. The first-order valence-electron chi connectivity index (χ1n) is 10.1. The lowest BCUT2D eigenvalue weighted by Gasteiger charge is -2.32. The molecule has 1 aromatic rings. The summed E-state index contributed by atoms with van der Waals surface area (Å²) < 4.78 is 0. The Morgan fingerprint density at radius 2 is 1.84 bits per heavy atom. The molecule has 0 bridgehead atoms. The third-order valence-electron chi connectivity index (χ3n) is 6.07. The largest absolute Gasteiger partial charge is 0.348 e. The van der Waals surface area contributed by atoms with Crippen molar-refractivity contribution in [3.8, 4) is 0 Å². The number of quaternary nitrogens is 2. The number of nitrogens with one attached hydrogen (secondary N) is 3. The van der Waals surface area contributed by atoms with E-state index in [-0.39, 0.29) is 5.91 Å². The predicted molar refractivity (Wildman–Crippen MR) is 101 cm³/mol. The van der Waals surface area contributed by atoms with E-state index in [1.807, 2.05) is 0 Å². The van der Waals surface area contributed by atoms with E-state index in [1.165, 1.54) is 35.3 Å². The molecule has 25 heavy (non-hydrogen) atoms. The predicted octanol–water partition coefficient (Wildman–Crippen LogP) is -0.0267. The van der Waals surface area contributed by atoms with E-state index in [0.717, 1.165) is 39.1 Å². The van der Waals surface area contributed by atoms with Gasteiger partial charge >= 0.3 is 0 Å². The molecule has 1 aliphatic heterocycles. The topological polar surface area (TPSA) is 38.0 Å². The van der Waals surface area contributed by atoms with Gasteiger partial charge in [-0.15, -0.1) is 0 Å². The molecule has 1 amide bonds. The van der Waals surface area contributed by atoms with E-state index in [1.54, 1.807) is 4.90 Å². The summed E-state index contributed by atoms with van der Waals surface area (Å²) in [5.41, 5.74) is 2.78. The monoisotopic (exact) mass is 345 g/mol. The van der Waals surface area contributed by atoms with Gasteiger partial charge in [-0.05, 0) is 25.7 Å². The Morgan fingerprint density at radius 3 is 2.56 bits per heavy atom. The Labute approximate surface area is 152 Å². The Balaban J connectivity index is 1.39. The fraction of sp³-hybridized carbons (Fsp3) is 0.667. The fourth-order valence-corrected chi connectivity index (χ4v) is 4.44. The van der Waals surface area contributed by atoms with E-state index < -0.39 is 0 Å². The zero-order valence-corrected chi connectivity index (χ0v) is 15.9. The molecule has 2 aliphatic rings. The van der Waals surface area contributed by atoms with Crippen LogP contribution in [0, 0.1) is 12.8 Å². The third-order valence-corrected chi connectivity index (χ3v) is 6.07. The summed E-state index contributed by atoms with van der Waals surface area (Å²) in [6.45, 7) is 10.7. The maximum absolute atomic E-state index is 12.4. The van der Waals surface area contributed by atoms with Crippen molar-refractivity contribution in [1.82, 2.24) is 5.32 Å². The van der Waals surface area contributed by atoms with Crippen LogP contribution in [0.25, 0.3) is 0 Å². The molecule has 2 fully saturated rings. The van der Waals surface area contributed by atoms with Crippen molar-refractivity contribution in [1.29, 1.82) is 0 Å². The normalized spacial score (nSPS) is 30.0. The number of hydrogen-bond acceptors (Lipinski definition) is 1. The van der Waals surface area contributed by atoms with Gasteiger partial charge in [-0.3, -0.25) is 4.79 Å². The molecule has 3 rings (SSSR count). The van der Waals surface area contributed by atoms with Crippen LogP contribution in [0.1, 0.15) is 43.7 Å². The molecule has 0 aromatic heterocycles. The summed E-state index contributed by atoms with van der Waals surface area (Å²) in [5.74, 6) is 0.902. The molecule has 1 saturated heterocycles. The van der Waals surface area contributed by atoms with Gasteiger partial charge in [-0.1, -0.05) is 49.6 Å². The molecule has 138 valence electrons. The number of aryl methyl sites for hydroxylation is 1. The first-order chi connectivity index (χ1) is 12.1. The molecular formula is C21H35N3O+2. The van der Waals surface area contributed by atoms with Gasteiger partial charge < -0.3 is 15.1 Å². The highest BCUT2D eigenvalue weighted by Gasteiger charge is 2.27.